The summed E-state index contributed by atoms with van der Waals surface area (Å²) in [5.74, 6) is 0.247. The number of rotatable bonds is 4. The van der Waals surface area contributed by atoms with Crippen LogP contribution in [0.25, 0.3) is 0 Å². The summed E-state index contributed by atoms with van der Waals surface area (Å²) in [6, 6.07) is 5.71. The van der Waals surface area contributed by atoms with Gasteiger partial charge >= 0.3 is 0 Å². The van der Waals surface area contributed by atoms with E-state index in [9.17, 15) is 4.79 Å². The van der Waals surface area contributed by atoms with E-state index in [2.05, 4.69) is 31.4 Å². The monoisotopic (exact) mass is 340 g/mol. The number of anilines is 1. The van der Waals surface area contributed by atoms with Crippen molar-refractivity contribution in [3.63, 3.8) is 0 Å². The summed E-state index contributed by atoms with van der Waals surface area (Å²) < 4.78 is 2.81. The molecule has 5 nitrogen and oxygen atoms in total. The smallest absolute Gasteiger partial charge is 0.234 e. The predicted molar refractivity (Wildman–Crippen MR) is 79.2 cm³/mol. The highest BCUT2D eigenvalue weighted by atomic mass is 79.9. The van der Waals surface area contributed by atoms with E-state index in [1.807, 2.05) is 32.2 Å². The second kappa shape index (κ2) is 6.21. The molecular formula is C12H13BrN4OS. The molecule has 0 saturated carbocycles. The molecule has 0 unspecified atom stereocenters. The van der Waals surface area contributed by atoms with Crippen LogP contribution in [-0.2, 0) is 11.8 Å². The first kappa shape index (κ1) is 14.1. The van der Waals surface area contributed by atoms with E-state index in [-0.39, 0.29) is 5.91 Å². The van der Waals surface area contributed by atoms with E-state index in [1.54, 1.807) is 10.9 Å². The Bertz CT molecular complexity index is 599. The van der Waals surface area contributed by atoms with Crippen LogP contribution >= 0.6 is 27.7 Å². The fourth-order valence-corrected chi connectivity index (χ4v) is 2.39. The number of carbonyl (C=O) groups is 1. The summed E-state index contributed by atoms with van der Waals surface area (Å²) in [5, 5.41) is 11.2. The highest BCUT2D eigenvalue weighted by molar-refractivity contribution is 9.10. The molecule has 0 aliphatic heterocycles. The molecule has 2 aromatic rings. The van der Waals surface area contributed by atoms with Crippen molar-refractivity contribution in [3.8, 4) is 0 Å². The van der Waals surface area contributed by atoms with Gasteiger partial charge in [-0.3, -0.25) is 4.79 Å². The number of hydrogen-bond acceptors (Lipinski definition) is 4. The van der Waals surface area contributed by atoms with Crippen molar-refractivity contribution in [2.24, 2.45) is 7.05 Å². The maximum absolute atomic E-state index is 11.8. The number of amides is 1. The Kier molecular flexibility index (Phi) is 4.60. The van der Waals surface area contributed by atoms with E-state index in [1.165, 1.54) is 11.8 Å². The van der Waals surface area contributed by atoms with Crippen molar-refractivity contribution in [1.82, 2.24) is 14.8 Å². The van der Waals surface area contributed by atoms with Crippen LogP contribution in [0.3, 0.4) is 0 Å². The third kappa shape index (κ3) is 3.81. The molecule has 0 radical (unpaired) electrons. The standard InChI is InChI=1S/C12H13BrN4OS/c1-8-5-9(3-4-10(8)13)15-11(18)6-19-12-16-14-7-17(12)2/h3-5,7H,6H2,1-2H3,(H,15,18). The Hall–Kier alpha value is -1.34. The summed E-state index contributed by atoms with van der Waals surface area (Å²) in [6.07, 6.45) is 1.61. The minimum atomic E-state index is -0.0604. The number of hydrogen-bond donors (Lipinski definition) is 1. The van der Waals surface area contributed by atoms with Crippen molar-refractivity contribution < 1.29 is 4.79 Å². The molecule has 0 saturated heterocycles. The lowest BCUT2D eigenvalue weighted by Gasteiger charge is -2.06. The van der Waals surface area contributed by atoms with Crippen LogP contribution < -0.4 is 5.32 Å². The summed E-state index contributed by atoms with van der Waals surface area (Å²) in [6.45, 7) is 1.98. The van der Waals surface area contributed by atoms with Crippen LogP contribution in [0.5, 0.6) is 0 Å². The number of carbonyl (C=O) groups excluding carboxylic acids is 1. The number of thioether (sulfide) groups is 1. The Morgan fingerprint density at radius 3 is 2.95 bits per heavy atom. The van der Waals surface area contributed by atoms with Gasteiger partial charge in [-0.2, -0.15) is 0 Å². The molecule has 1 N–H and O–H groups in total. The number of benzene rings is 1. The largest absolute Gasteiger partial charge is 0.325 e. The van der Waals surface area contributed by atoms with Crippen molar-refractivity contribution in [2.75, 3.05) is 11.1 Å². The van der Waals surface area contributed by atoms with Gasteiger partial charge in [0.1, 0.15) is 6.33 Å². The topological polar surface area (TPSA) is 59.8 Å². The second-order valence-corrected chi connectivity index (χ2v) is 5.82. The zero-order valence-electron chi connectivity index (χ0n) is 10.6. The SMILES string of the molecule is Cc1cc(NC(=O)CSc2nncn2C)ccc1Br. The van der Waals surface area contributed by atoms with Gasteiger partial charge in [-0.25, -0.2) is 0 Å². The molecule has 100 valence electrons. The molecule has 19 heavy (non-hydrogen) atoms. The van der Waals surface area contributed by atoms with Gasteiger partial charge in [-0.1, -0.05) is 27.7 Å². The molecule has 0 aliphatic rings. The van der Waals surface area contributed by atoms with Crippen LogP contribution in [0.15, 0.2) is 34.2 Å². The lowest BCUT2D eigenvalue weighted by Crippen LogP contribution is -2.14. The molecule has 0 spiro atoms. The second-order valence-electron chi connectivity index (χ2n) is 4.03. The number of halogens is 1. The fourth-order valence-electron chi connectivity index (χ4n) is 1.45. The van der Waals surface area contributed by atoms with Crippen molar-refractivity contribution in [3.05, 3.63) is 34.6 Å². The van der Waals surface area contributed by atoms with Gasteiger partial charge in [0, 0.05) is 17.2 Å². The molecule has 2 rings (SSSR count). The zero-order chi connectivity index (χ0) is 13.8. The number of aromatic nitrogens is 3. The number of aryl methyl sites for hydroxylation is 2. The van der Waals surface area contributed by atoms with Crippen LogP contribution in [0.1, 0.15) is 5.56 Å². The van der Waals surface area contributed by atoms with Crippen LogP contribution in [0.2, 0.25) is 0 Å². The Morgan fingerprint density at radius 1 is 1.53 bits per heavy atom. The van der Waals surface area contributed by atoms with Gasteiger partial charge in [0.15, 0.2) is 5.16 Å². The highest BCUT2D eigenvalue weighted by Gasteiger charge is 2.07. The van der Waals surface area contributed by atoms with E-state index < -0.39 is 0 Å². The van der Waals surface area contributed by atoms with Crippen molar-refractivity contribution >= 4 is 39.3 Å². The van der Waals surface area contributed by atoms with Gasteiger partial charge in [-0.05, 0) is 30.7 Å². The van der Waals surface area contributed by atoms with Crippen LogP contribution in [0.4, 0.5) is 5.69 Å². The molecule has 0 aliphatic carbocycles. The van der Waals surface area contributed by atoms with E-state index in [0.29, 0.717) is 5.75 Å². The average molecular weight is 341 g/mol. The summed E-state index contributed by atoms with van der Waals surface area (Å²) in [4.78, 5) is 11.8. The zero-order valence-corrected chi connectivity index (χ0v) is 13.0. The first-order chi connectivity index (χ1) is 9.06. The quantitative estimate of drug-likeness (QED) is 0.869. The third-order valence-corrected chi connectivity index (χ3v) is 4.37. The molecule has 0 atom stereocenters. The summed E-state index contributed by atoms with van der Waals surface area (Å²) in [7, 11) is 1.85. The van der Waals surface area contributed by atoms with Crippen molar-refractivity contribution in [1.29, 1.82) is 0 Å². The summed E-state index contributed by atoms with van der Waals surface area (Å²) in [5.41, 5.74) is 1.88. The molecule has 1 amide bonds. The molecule has 0 fully saturated rings. The van der Waals surface area contributed by atoms with Gasteiger partial charge < -0.3 is 9.88 Å². The molecule has 1 aromatic heterocycles. The minimum Gasteiger partial charge on any atom is -0.325 e. The molecular weight excluding hydrogens is 328 g/mol. The molecule has 0 bridgehead atoms. The lowest BCUT2D eigenvalue weighted by atomic mass is 10.2. The molecule has 1 heterocycles. The maximum Gasteiger partial charge on any atom is 0.234 e. The van der Waals surface area contributed by atoms with Gasteiger partial charge in [0.2, 0.25) is 5.91 Å². The summed E-state index contributed by atoms with van der Waals surface area (Å²) >= 11 is 4.78. The Balaban J connectivity index is 1.91. The van der Waals surface area contributed by atoms with Gasteiger partial charge in [0.25, 0.3) is 0 Å². The Morgan fingerprint density at radius 2 is 2.32 bits per heavy atom. The predicted octanol–water partition coefficient (Wildman–Crippen LogP) is 2.62. The van der Waals surface area contributed by atoms with Crippen molar-refractivity contribution in [2.45, 2.75) is 12.1 Å². The van der Waals surface area contributed by atoms with E-state index >= 15 is 0 Å². The normalized spacial score (nSPS) is 10.5. The van der Waals surface area contributed by atoms with E-state index in [4.69, 9.17) is 0 Å². The molecule has 1 aromatic carbocycles. The number of nitrogens with zero attached hydrogens (tertiary/aromatic N) is 3. The maximum atomic E-state index is 11.8. The van der Waals surface area contributed by atoms with E-state index in [0.717, 1.165) is 20.9 Å². The lowest BCUT2D eigenvalue weighted by molar-refractivity contribution is -0.113. The third-order valence-electron chi connectivity index (χ3n) is 2.44. The first-order valence-corrected chi connectivity index (χ1v) is 7.37. The molecule has 7 heteroatoms. The fraction of sp³-hybridized carbons (Fsp3) is 0.250. The average Bonchev–Trinajstić information content (AvgIpc) is 2.77. The first-order valence-electron chi connectivity index (χ1n) is 5.59. The minimum absolute atomic E-state index is 0.0604. The highest BCUT2D eigenvalue weighted by Crippen LogP contribution is 2.20. The number of nitrogens with one attached hydrogen (secondary N) is 1. The van der Waals surface area contributed by atoms with Crippen LogP contribution in [0, 0.1) is 6.92 Å². The van der Waals surface area contributed by atoms with Gasteiger partial charge in [-0.15, -0.1) is 10.2 Å². The van der Waals surface area contributed by atoms with Crippen LogP contribution in [-0.4, -0.2) is 26.4 Å². The van der Waals surface area contributed by atoms with Gasteiger partial charge in [0.05, 0.1) is 5.75 Å². The Labute approximate surface area is 123 Å².